The second-order valence-corrected chi connectivity index (χ2v) is 6.93. The van der Waals surface area contributed by atoms with Crippen molar-refractivity contribution in [3.8, 4) is 0 Å². The van der Waals surface area contributed by atoms with Crippen molar-refractivity contribution < 1.29 is 32.2 Å². The summed E-state index contributed by atoms with van der Waals surface area (Å²) in [5.41, 5.74) is 1.81. The number of aliphatic hydroxyl groups excluding tert-OH is 1. The Bertz CT molecular complexity index is 856. The number of rotatable bonds is 5. The summed E-state index contributed by atoms with van der Waals surface area (Å²) in [4.78, 5) is 22.4. The molecule has 140 valence electrons. The lowest BCUT2D eigenvalue weighted by Gasteiger charge is -2.05. The van der Waals surface area contributed by atoms with Crippen molar-refractivity contribution in [2.24, 2.45) is 0 Å². The Hall–Kier alpha value is -2.42. The first-order valence-electron chi connectivity index (χ1n) is 7.76. The van der Waals surface area contributed by atoms with Gasteiger partial charge in [0.1, 0.15) is 16.7 Å². The molecule has 26 heavy (non-hydrogen) atoms. The maximum Gasteiger partial charge on any atom is 0.248 e. The monoisotopic (exact) mass is 379 g/mol. The molecule has 8 heteroatoms. The highest BCUT2D eigenvalue weighted by Crippen LogP contribution is 2.08. The minimum Gasteiger partial charge on any atom is -0.744 e. The molecule has 0 bridgehead atoms. The maximum absolute atomic E-state index is 11.3. The fourth-order valence-corrected chi connectivity index (χ4v) is 2.67. The van der Waals surface area contributed by atoms with Crippen molar-refractivity contribution in [1.82, 2.24) is 0 Å². The van der Waals surface area contributed by atoms with Gasteiger partial charge in [-0.25, -0.2) is 8.42 Å². The zero-order valence-corrected chi connectivity index (χ0v) is 15.6. The fraction of sp³-hybridized carbons (Fsp3) is 0.278. The van der Waals surface area contributed by atoms with E-state index in [1.54, 1.807) is 34.9 Å². The number of nitrogens with zero attached hydrogens (tertiary/aromatic N) is 1. The Morgan fingerprint density at radius 1 is 1.00 bits per heavy atom. The van der Waals surface area contributed by atoms with Crippen molar-refractivity contribution >= 4 is 21.7 Å². The molecule has 0 saturated heterocycles. The van der Waals surface area contributed by atoms with Crippen LogP contribution in [0.3, 0.4) is 0 Å². The molecule has 0 unspecified atom stereocenters. The van der Waals surface area contributed by atoms with E-state index in [1.807, 2.05) is 6.92 Å². The average molecular weight is 379 g/mol. The smallest absolute Gasteiger partial charge is 0.248 e. The first kappa shape index (κ1) is 21.6. The number of benzene rings is 1. The standard InChI is InChI=1S/C11H14NO3.C7H8O3S/c1-8(14)10-4-3-5-11(9(2)15)12(10)6-7-13;1-6-2-4-7(5-3-6)11(8,9)10/h3-5,13H,6-7H2,1-2H3;2-5H,1H3,(H,8,9,10)/q+1;/p-1. The number of Topliss-reactive ketones (excluding diaryl/α,β-unsaturated/α-hetero) is 2. The molecular formula is C18H21NO6S. The van der Waals surface area contributed by atoms with Gasteiger partial charge in [0.05, 0.1) is 4.90 Å². The number of carbonyl (C=O) groups excluding carboxylic acids is 2. The first-order chi connectivity index (χ1) is 12.1. The number of ketones is 2. The van der Waals surface area contributed by atoms with Crippen LogP contribution in [0.2, 0.25) is 0 Å². The highest BCUT2D eigenvalue weighted by molar-refractivity contribution is 7.85. The number of aromatic nitrogens is 1. The number of aryl methyl sites for hydroxylation is 1. The predicted octanol–water partition coefficient (Wildman–Crippen LogP) is 1.27. The summed E-state index contributed by atoms with van der Waals surface area (Å²) in [6.45, 7) is 4.85. The fourth-order valence-electron chi connectivity index (χ4n) is 2.20. The van der Waals surface area contributed by atoms with Gasteiger partial charge in [0.2, 0.25) is 23.0 Å². The molecule has 0 aliphatic carbocycles. The summed E-state index contributed by atoms with van der Waals surface area (Å²) in [6.07, 6.45) is 0. The van der Waals surface area contributed by atoms with Crippen molar-refractivity contribution in [3.63, 3.8) is 0 Å². The zero-order chi connectivity index (χ0) is 19.9. The Morgan fingerprint density at radius 2 is 1.46 bits per heavy atom. The summed E-state index contributed by atoms with van der Waals surface area (Å²) in [5, 5.41) is 8.89. The van der Waals surface area contributed by atoms with E-state index < -0.39 is 10.1 Å². The summed E-state index contributed by atoms with van der Waals surface area (Å²) < 4.78 is 32.7. The van der Waals surface area contributed by atoms with Crippen LogP contribution in [0, 0.1) is 6.92 Å². The SMILES string of the molecule is CC(=O)c1cccc(C(C)=O)[n+]1CCO.Cc1ccc(S(=O)(=O)[O-])cc1. The van der Waals surface area contributed by atoms with Gasteiger partial charge in [-0.2, -0.15) is 4.57 Å². The lowest BCUT2D eigenvalue weighted by molar-refractivity contribution is -0.701. The molecular weight excluding hydrogens is 358 g/mol. The number of hydrogen-bond donors (Lipinski definition) is 1. The van der Waals surface area contributed by atoms with Gasteiger partial charge in [-0.05, 0) is 25.1 Å². The Balaban J connectivity index is 0.000000273. The summed E-state index contributed by atoms with van der Waals surface area (Å²) in [5.74, 6) is -0.238. The molecule has 0 spiro atoms. The molecule has 0 fully saturated rings. The van der Waals surface area contributed by atoms with E-state index >= 15 is 0 Å². The highest BCUT2D eigenvalue weighted by atomic mass is 32.2. The van der Waals surface area contributed by atoms with Crippen LogP contribution < -0.4 is 4.57 Å². The van der Waals surface area contributed by atoms with Gasteiger partial charge in [-0.3, -0.25) is 9.59 Å². The summed E-state index contributed by atoms with van der Waals surface area (Å²) >= 11 is 0. The average Bonchev–Trinajstić information content (AvgIpc) is 2.55. The van der Waals surface area contributed by atoms with Crippen LogP contribution in [0.4, 0.5) is 0 Å². The minimum atomic E-state index is -4.27. The second-order valence-electron chi connectivity index (χ2n) is 5.55. The number of pyridine rings is 1. The molecule has 0 radical (unpaired) electrons. The lowest BCUT2D eigenvalue weighted by atomic mass is 10.2. The van der Waals surface area contributed by atoms with Gasteiger partial charge in [0, 0.05) is 26.0 Å². The Morgan fingerprint density at radius 3 is 1.81 bits per heavy atom. The van der Waals surface area contributed by atoms with E-state index in [1.165, 1.54) is 26.0 Å². The maximum atomic E-state index is 11.3. The van der Waals surface area contributed by atoms with Crippen molar-refractivity contribution in [2.75, 3.05) is 6.61 Å². The molecule has 0 saturated carbocycles. The van der Waals surface area contributed by atoms with Gasteiger partial charge in [0.25, 0.3) is 0 Å². The molecule has 7 nitrogen and oxygen atoms in total. The zero-order valence-electron chi connectivity index (χ0n) is 14.8. The van der Waals surface area contributed by atoms with E-state index in [2.05, 4.69) is 0 Å². The molecule has 1 aromatic carbocycles. The Labute approximate surface area is 152 Å². The van der Waals surface area contributed by atoms with Crippen LogP contribution in [0.1, 0.15) is 40.4 Å². The molecule has 0 amide bonds. The number of aliphatic hydroxyl groups is 1. The van der Waals surface area contributed by atoms with Crippen molar-refractivity contribution in [1.29, 1.82) is 0 Å². The van der Waals surface area contributed by atoms with Crippen LogP contribution in [0.15, 0.2) is 47.4 Å². The van der Waals surface area contributed by atoms with Gasteiger partial charge in [-0.15, -0.1) is 0 Å². The van der Waals surface area contributed by atoms with Crippen LogP contribution in [0.5, 0.6) is 0 Å². The van der Waals surface area contributed by atoms with Crippen molar-refractivity contribution in [2.45, 2.75) is 32.2 Å². The lowest BCUT2D eigenvalue weighted by Crippen LogP contribution is -2.46. The van der Waals surface area contributed by atoms with Gasteiger partial charge in [-0.1, -0.05) is 17.7 Å². The van der Waals surface area contributed by atoms with E-state index in [-0.39, 0.29) is 29.6 Å². The Kier molecular flexibility index (Phi) is 7.76. The van der Waals surface area contributed by atoms with E-state index in [4.69, 9.17) is 5.11 Å². The highest BCUT2D eigenvalue weighted by Gasteiger charge is 2.21. The predicted molar refractivity (Wildman–Crippen MR) is 92.9 cm³/mol. The minimum absolute atomic E-state index is 0.102. The van der Waals surface area contributed by atoms with Gasteiger partial charge in [0.15, 0.2) is 6.54 Å². The molecule has 0 aliphatic heterocycles. The third-order valence-electron chi connectivity index (χ3n) is 3.44. The van der Waals surface area contributed by atoms with Crippen molar-refractivity contribution in [3.05, 3.63) is 59.4 Å². The molecule has 1 heterocycles. The number of carbonyl (C=O) groups is 2. The van der Waals surface area contributed by atoms with Gasteiger partial charge >= 0.3 is 0 Å². The van der Waals surface area contributed by atoms with E-state index in [9.17, 15) is 22.6 Å². The quantitative estimate of drug-likeness (QED) is 0.475. The normalized spacial score (nSPS) is 10.7. The molecule has 1 aromatic heterocycles. The molecule has 0 atom stereocenters. The van der Waals surface area contributed by atoms with Gasteiger partial charge < -0.3 is 9.66 Å². The second kappa shape index (κ2) is 9.33. The summed E-state index contributed by atoms with van der Waals surface area (Å²) in [7, 11) is -4.27. The summed E-state index contributed by atoms with van der Waals surface area (Å²) in [6, 6.07) is 10.7. The van der Waals surface area contributed by atoms with Crippen LogP contribution in [-0.4, -0.2) is 36.3 Å². The molecule has 2 rings (SSSR count). The molecule has 0 aliphatic rings. The number of hydrogen-bond acceptors (Lipinski definition) is 6. The third-order valence-corrected chi connectivity index (χ3v) is 4.29. The van der Waals surface area contributed by atoms with Crippen LogP contribution in [0.25, 0.3) is 0 Å². The van der Waals surface area contributed by atoms with Crippen LogP contribution >= 0.6 is 0 Å². The van der Waals surface area contributed by atoms with E-state index in [0.29, 0.717) is 11.4 Å². The third kappa shape index (κ3) is 6.14. The topological polar surface area (TPSA) is 115 Å². The first-order valence-corrected chi connectivity index (χ1v) is 9.17. The van der Waals surface area contributed by atoms with Crippen LogP contribution in [-0.2, 0) is 16.7 Å². The molecule has 2 aromatic rings. The largest absolute Gasteiger partial charge is 0.744 e. The molecule has 1 N–H and O–H groups in total. The van der Waals surface area contributed by atoms with E-state index in [0.717, 1.165) is 5.56 Å².